The number of rotatable bonds is 3. The number of phenolic OH excluding ortho intramolecular Hbond substituents is 1. The Kier molecular flexibility index (Phi) is 5.82. The van der Waals surface area contributed by atoms with Crippen molar-refractivity contribution in [3.05, 3.63) is 61.2 Å². The predicted octanol–water partition coefficient (Wildman–Crippen LogP) is 2.81. The zero-order valence-electron chi connectivity index (χ0n) is 10.6. The van der Waals surface area contributed by atoms with Crippen molar-refractivity contribution in [2.45, 2.75) is 0 Å². The van der Waals surface area contributed by atoms with Gasteiger partial charge in [-0.2, -0.15) is 0 Å². The van der Waals surface area contributed by atoms with Gasteiger partial charge in [0.2, 0.25) is 0 Å². The molecule has 0 atom stereocenters. The van der Waals surface area contributed by atoms with E-state index in [1.54, 1.807) is 42.5 Å². The van der Waals surface area contributed by atoms with Crippen molar-refractivity contribution in [3.63, 3.8) is 0 Å². The predicted molar refractivity (Wildman–Crippen MR) is 79.1 cm³/mol. The molecule has 0 saturated carbocycles. The maximum atomic E-state index is 8.79. The molecular formula is C15H18N2O2. The van der Waals surface area contributed by atoms with Gasteiger partial charge in [0.15, 0.2) is 0 Å². The normalized spacial score (nSPS) is 9.05. The summed E-state index contributed by atoms with van der Waals surface area (Å²) < 4.78 is 5.24. The first kappa shape index (κ1) is 14.4. The number of nitrogens with two attached hydrogens (primary N) is 2. The number of benzene rings is 2. The van der Waals surface area contributed by atoms with E-state index < -0.39 is 0 Å². The first-order valence-corrected chi connectivity index (χ1v) is 5.76. The third-order valence-electron chi connectivity index (χ3n) is 2.18. The van der Waals surface area contributed by atoms with Crippen molar-refractivity contribution in [2.75, 3.05) is 18.1 Å². The molecule has 19 heavy (non-hydrogen) atoms. The fraction of sp³-hybridized carbons (Fsp3) is 0.0667. The van der Waals surface area contributed by atoms with Gasteiger partial charge in [-0.05, 0) is 36.4 Å². The fourth-order valence-corrected chi connectivity index (χ4v) is 1.21. The van der Waals surface area contributed by atoms with Crippen LogP contribution in [0.4, 0.5) is 11.4 Å². The Morgan fingerprint density at radius 2 is 1.68 bits per heavy atom. The average molecular weight is 258 g/mol. The summed E-state index contributed by atoms with van der Waals surface area (Å²) in [7, 11) is 0. The molecule has 0 amide bonds. The fourth-order valence-electron chi connectivity index (χ4n) is 1.21. The molecule has 0 saturated heterocycles. The van der Waals surface area contributed by atoms with Gasteiger partial charge in [-0.25, -0.2) is 0 Å². The molecule has 0 fully saturated rings. The molecule has 0 spiro atoms. The summed E-state index contributed by atoms with van der Waals surface area (Å²) in [5, 5.41) is 8.79. The van der Waals surface area contributed by atoms with E-state index in [9.17, 15) is 0 Å². The Bertz CT molecular complexity index is 489. The lowest BCUT2D eigenvalue weighted by Crippen LogP contribution is -1.92. The van der Waals surface area contributed by atoms with Crippen molar-refractivity contribution >= 4 is 11.4 Å². The molecule has 0 aliphatic heterocycles. The highest BCUT2D eigenvalue weighted by atomic mass is 16.5. The standard InChI is InChI=1S/C9H11NO.C6H7NO/c1-2-7-11-9-5-3-8(10)4-6-9;7-5-3-1-2-4-6(5)8/h2-6H,1,7,10H2;1-4,8H,7H2. The minimum atomic E-state index is 0.146. The van der Waals surface area contributed by atoms with Crippen LogP contribution in [0.1, 0.15) is 0 Å². The number of aromatic hydroxyl groups is 1. The third-order valence-corrected chi connectivity index (χ3v) is 2.18. The lowest BCUT2D eigenvalue weighted by molar-refractivity contribution is 0.363. The Labute approximate surface area is 112 Å². The zero-order valence-corrected chi connectivity index (χ0v) is 10.6. The van der Waals surface area contributed by atoms with Crippen molar-refractivity contribution in [2.24, 2.45) is 0 Å². The molecule has 4 nitrogen and oxygen atoms in total. The van der Waals surface area contributed by atoms with Crippen LogP contribution in [0.5, 0.6) is 11.5 Å². The van der Waals surface area contributed by atoms with Crippen LogP contribution in [0, 0.1) is 0 Å². The minimum Gasteiger partial charge on any atom is -0.506 e. The van der Waals surface area contributed by atoms with E-state index in [0.717, 1.165) is 11.4 Å². The van der Waals surface area contributed by atoms with Gasteiger partial charge in [0.05, 0.1) is 5.69 Å². The van der Waals surface area contributed by atoms with E-state index in [4.69, 9.17) is 21.3 Å². The van der Waals surface area contributed by atoms with E-state index in [-0.39, 0.29) is 5.75 Å². The van der Waals surface area contributed by atoms with Gasteiger partial charge < -0.3 is 21.3 Å². The Balaban J connectivity index is 0.000000200. The van der Waals surface area contributed by atoms with Crippen LogP contribution in [0.3, 0.4) is 0 Å². The van der Waals surface area contributed by atoms with Crippen molar-refractivity contribution in [3.8, 4) is 11.5 Å². The van der Waals surface area contributed by atoms with Crippen LogP contribution in [0.25, 0.3) is 0 Å². The number of nitrogen functional groups attached to an aromatic ring is 2. The van der Waals surface area contributed by atoms with E-state index >= 15 is 0 Å². The molecular weight excluding hydrogens is 240 g/mol. The number of anilines is 2. The molecule has 0 radical (unpaired) electrons. The van der Waals surface area contributed by atoms with Crippen LogP contribution in [-0.2, 0) is 0 Å². The second-order valence-corrected chi connectivity index (χ2v) is 3.73. The third kappa shape index (κ3) is 5.50. The first-order chi connectivity index (χ1) is 9.13. The highest BCUT2D eigenvalue weighted by molar-refractivity contribution is 5.50. The molecule has 2 aromatic rings. The molecule has 2 aromatic carbocycles. The van der Waals surface area contributed by atoms with Crippen LogP contribution in [0.2, 0.25) is 0 Å². The lowest BCUT2D eigenvalue weighted by atomic mass is 10.3. The quantitative estimate of drug-likeness (QED) is 0.449. The summed E-state index contributed by atoms with van der Waals surface area (Å²) in [4.78, 5) is 0. The van der Waals surface area contributed by atoms with Gasteiger partial charge in [-0.1, -0.05) is 24.8 Å². The van der Waals surface area contributed by atoms with E-state index in [1.165, 1.54) is 0 Å². The highest BCUT2D eigenvalue weighted by Gasteiger charge is 1.89. The monoisotopic (exact) mass is 258 g/mol. The maximum Gasteiger partial charge on any atom is 0.138 e. The molecule has 0 aliphatic rings. The topological polar surface area (TPSA) is 81.5 Å². The maximum absolute atomic E-state index is 8.79. The lowest BCUT2D eigenvalue weighted by Gasteiger charge is -2.01. The molecule has 0 aliphatic carbocycles. The smallest absolute Gasteiger partial charge is 0.138 e. The first-order valence-electron chi connectivity index (χ1n) is 5.76. The van der Waals surface area contributed by atoms with Crippen molar-refractivity contribution in [1.29, 1.82) is 0 Å². The van der Waals surface area contributed by atoms with Crippen LogP contribution in [-0.4, -0.2) is 11.7 Å². The van der Waals surface area contributed by atoms with Crippen LogP contribution >= 0.6 is 0 Å². The minimum absolute atomic E-state index is 0.146. The second kappa shape index (κ2) is 7.66. The molecule has 0 bridgehead atoms. The van der Waals surface area contributed by atoms with E-state index in [0.29, 0.717) is 12.3 Å². The molecule has 2 rings (SSSR count). The summed E-state index contributed by atoms with van der Waals surface area (Å²) in [6, 6.07) is 14.0. The Morgan fingerprint density at radius 1 is 1.05 bits per heavy atom. The van der Waals surface area contributed by atoms with Crippen LogP contribution in [0.15, 0.2) is 61.2 Å². The summed E-state index contributed by atoms with van der Waals surface area (Å²) in [5.41, 5.74) is 11.9. The summed E-state index contributed by atoms with van der Waals surface area (Å²) >= 11 is 0. The van der Waals surface area contributed by atoms with Gasteiger partial charge in [0, 0.05) is 5.69 Å². The second-order valence-electron chi connectivity index (χ2n) is 3.73. The van der Waals surface area contributed by atoms with E-state index in [1.807, 2.05) is 12.1 Å². The van der Waals surface area contributed by atoms with Gasteiger partial charge in [0.1, 0.15) is 18.1 Å². The summed E-state index contributed by atoms with van der Waals surface area (Å²) in [6.07, 6.45) is 1.70. The molecule has 0 unspecified atom stereocenters. The number of hydrogen-bond donors (Lipinski definition) is 3. The van der Waals surface area contributed by atoms with Gasteiger partial charge >= 0.3 is 0 Å². The number of para-hydroxylation sites is 2. The Morgan fingerprint density at radius 3 is 2.16 bits per heavy atom. The zero-order chi connectivity index (χ0) is 14.1. The molecule has 4 heteroatoms. The SMILES string of the molecule is C=CCOc1ccc(N)cc1.Nc1ccccc1O. The molecule has 5 N–H and O–H groups in total. The Hall–Kier alpha value is -2.62. The van der Waals surface area contributed by atoms with Gasteiger partial charge in [-0.15, -0.1) is 0 Å². The summed E-state index contributed by atoms with van der Waals surface area (Å²) in [6.45, 7) is 4.08. The number of ether oxygens (including phenoxy) is 1. The molecule has 0 heterocycles. The number of phenols is 1. The summed E-state index contributed by atoms with van der Waals surface area (Å²) in [5.74, 6) is 0.964. The molecule has 0 aromatic heterocycles. The van der Waals surface area contributed by atoms with Gasteiger partial charge in [0.25, 0.3) is 0 Å². The largest absolute Gasteiger partial charge is 0.506 e. The van der Waals surface area contributed by atoms with E-state index in [2.05, 4.69) is 6.58 Å². The van der Waals surface area contributed by atoms with Crippen LogP contribution < -0.4 is 16.2 Å². The van der Waals surface area contributed by atoms with Crippen molar-refractivity contribution < 1.29 is 9.84 Å². The van der Waals surface area contributed by atoms with Gasteiger partial charge in [-0.3, -0.25) is 0 Å². The average Bonchev–Trinajstić information content (AvgIpc) is 2.42. The van der Waals surface area contributed by atoms with Crippen molar-refractivity contribution in [1.82, 2.24) is 0 Å². The number of hydrogen-bond acceptors (Lipinski definition) is 4. The highest BCUT2D eigenvalue weighted by Crippen LogP contribution is 2.16. The molecule has 100 valence electrons.